The Bertz CT molecular complexity index is 369. The molecule has 4 heteroatoms. The molecule has 18 heavy (non-hydrogen) atoms. The lowest BCUT2D eigenvalue weighted by Gasteiger charge is -2.21. The third-order valence-corrected chi connectivity index (χ3v) is 4.48. The Morgan fingerprint density at radius 2 is 2.17 bits per heavy atom. The molecule has 2 rings (SSSR count). The van der Waals surface area contributed by atoms with Gasteiger partial charge in [0.1, 0.15) is 5.01 Å². The SMILES string of the molecule is CC(C)CCN(Cc1csc(C(C)N)n1)C1CC1. The molecule has 3 nitrogen and oxygen atoms in total. The van der Waals surface area contributed by atoms with Crippen molar-refractivity contribution in [1.82, 2.24) is 9.88 Å². The number of rotatable bonds is 7. The van der Waals surface area contributed by atoms with Crippen LogP contribution in [0.4, 0.5) is 0 Å². The van der Waals surface area contributed by atoms with E-state index in [9.17, 15) is 0 Å². The van der Waals surface area contributed by atoms with E-state index >= 15 is 0 Å². The Balaban J connectivity index is 1.90. The molecule has 102 valence electrons. The van der Waals surface area contributed by atoms with Crippen molar-refractivity contribution < 1.29 is 0 Å². The van der Waals surface area contributed by atoms with Crippen molar-refractivity contribution in [3.8, 4) is 0 Å². The molecular formula is C14H25N3S. The number of nitrogens with zero attached hydrogens (tertiary/aromatic N) is 2. The van der Waals surface area contributed by atoms with Crippen LogP contribution in [0.15, 0.2) is 5.38 Å². The topological polar surface area (TPSA) is 42.1 Å². The van der Waals surface area contributed by atoms with Crippen molar-refractivity contribution in [3.05, 3.63) is 16.1 Å². The number of hydrogen-bond acceptors (Lipinski definition) is 4. The molecule has 1 aliphatic carbocycles. The minimum absolute atomic E-state index is 0.0637. The molecule has 1 atom stereocenters. The predicted octanol–water partition coefficient (Wildman–Crippen LogP) is 3.17. The van der Waals surface area contributed by atoms with Gasteiger partial charge in [-0.15, -0.1) is 11.3 Å². The van der Waals surface area contributed by atoms with E-state index in [1.165, 1.54) is 31.5 Å². The lowest BCUT2D eigenvalue weighted by molar-refractivity contribution is 0.237. The highest BCUT2D eigenvalue weighted by Gasteiger charge is 2.29. The summed E-state index contributed by atoms with van der Waals surface area (Å²) in [4.78, 5) is 7.24. The van der Waals surface area contributed by atoms with Crippen molar-refractivity contribution in [1.29, 1.82) is 0 Å². The van der Waals surface area contributed by atoms with Gasteiger partial charge in [-0.2, -0.15) is 0 Å². The normalized spacial score (nSPS) is 17.7. The molecule has 0 spiro atoms. The van der Waals surface area contributed by atoms with Crippen LogP contribution in [0.2, 0.25) is 0 Å². The van der Waals surface area contributed by atoms with E-state index in [1.807, 2.05) is 6.92 Å². The van der Waals surface area contributed by atoms with Gasteiger partial charge in [-0.25, -0.2) is 4.98 Å². The largest absolute Gasteiger partial charge is 0.322 e. The Morgan fingerprint density at radius 1 is 1.44 bits per heavy atom. The van der Waals surface area contributed by atoms with Gasteiger partial charge in [0.2, 0.25) is 0 Å². The first kappa shape index (κ1) is 14.0. The average molecular weight is 267 g/mol. The highest BCUT2D eigenvalue weighted by atomic mass is 32.1. The third-order valence-electron chi connectivity index (χ3n) is 3.38. The molecule has 0 radical (unpaired) electrons. The second-order valence-electron chi connectivity index (χ2n) is 5.85. The van der Waals surface area contributed by atoms with Gasteiger partial charge in [0.25, 0.3) is 0 Å². The monoisotopic (exact) mass is 267 g/mol. The summed E-state index contributed by atoms with van der Waals surface area (Å²) in [7, 11) is 0. The molecule has 2 N–H and O–H groups in total. The molecule has 1 aliphatic rings. The van der Waals surface area contributed by atoms with E-state index in [0.717, 1.165) is 23.5 Å². The number of nitrogens with two attached hydrogens (primary N) is 1. The molecule has 1 saturated carbocycles. The van der Waals surface area contributed by atoms with Gasteiger partial charge in [-0.05, 0) is 38.6 Å². The summed E-state index contributed by atoms with van der Waals surface area (Å²) in [5, 5.41) is 3.23. The van der Waals surface area contributed by atoms with Crippen molar-refractivity contribution in [3.63, 3.8) is 0 Å². The van der Waals surface area contributed by atoms with Gasteiger partial charge >= 0.3 is 0 Å². The maximum atomic E-state index is 5.86. The van der Waals surface area contributed by atoms with Gasteiger partial charge in [0, 0.05) is 18.0 Å². The van der Waals surface area contributed by atoms with Crippen LogP contribution in [0.3, 0.4) is 0 Å². The van der Waals surface area contributed by atoms with E-state index in [4.69, 9.17) is 5.73 Å². The van der Waals surface area contributed by atoms with Crippen LogP contribution in [0.1, 0.15) is 56.8 Å². The molecular weight excluding hydrogens is 242 g/mol. The van der Waals surface area contributed by atoms with Crippen LogP contribution >= 0.6 is 11.3 Å². The van der Waals surface area contributed by atoms with Gasteiger partial charge in [0.15, 0.2) is 0 Å². The minimum atomic E-state index is 0.0637. The van der Waals surface area contributed by atoms with Crippen LogP contribution in [-0.4, -0.2) is 22.5 Å². The summed E-state index contributed by atoms with van der Waals surface area (Å²) in [6, 6.07) is 0.873. The van der Waals surface area contributed by atoms with Crippen LogP contribution in [-0.2, 0) is 6.54 Å². The van der Waals surface area contributed by atoms with E-state index < -0.39 is 0 Å². The molecule has 0 amide bonds. The third kappa shape index (κ3) is 4.04. The lowest BCUT2D eigenvalue weighted by Crippen LogP contribution is -2.27. The van der Waals surface area contributed by atoms with E-state index in [1.54, 1.807) is 11.3 Å². The van der Waals surface area contributed by atoms with Gasteiger partial charge in [-0.3, -0.25) is 4.90 Å². The maximum absolute atomic E-state index is 5.86. The fourth-order valence-electron chi connectivity index (χ4n) is 2.07. The minimum Gasteiger partial charge on any atom is -0.322 e. The Kier molecular flexibility index (Phi) is 4.76. The molecule has 1 unspecified atom stereocenters. The predicted molar refractivity (Wildman–Crippen MR) is 77.6 cm³/mol. The average Bonchev–Trinajstić information content (AvgIpc) is 3.03. The van der Waals surface area contributed by atoms with Crippen LogP contribution in [0, 0.1) is 5.92 Å². The first-order valence-electron chi connectivity index (χ1n) is 7.00. The zero-order chi connectivity index (χ0) is 13.1. The zero-order valence-corrected chi connectivity index (χ0v) is 12.5. The van der Waals surface area contributed by atoms with Crippen LogP contribution in [0.5, 0.6) is 0 Å². The summed E-state index contributed by atoms with van der Waals surface area (Å²) in [5.74, 6) is 0.779. The summed E-state index contributed by atoms with van der Waals surface area (Å²) in [6.07, 6.45) is 4.01. The molecule has 0 aromatic carbocycles. The molecule has 1 aromatic rings. The van der Waals surface area contributed by atoms with E-state index in [-0.39, 0.29) is 6.04 Å². The van der Waals surface area contributed by atoms with Crippen LogP contribution in [0.25, 0.3) is 0 Å². The van der Waals surface area contributed by atoms with E-state index in [2.05, 4.69) is 29.1 Å². The van der Waals surface area contributed by atoms with Gasteiger partial charge in [-0.1, -0.05) is 13.8 Å². The van der Waals surface area contributed by atoms with Crippen molar-refractivity contribution in [2.45, 2.75) is 58.7 Å². The molecule has 0 aliphatic heterocycles. The van der Waals surface area contributed by atoms with Crippen molar-refractivity contribution in [2.24, 2.45) is 11.7 Å². The van der Waals surface area contributed by atoms with Crippen molar-refractivity contribution in [2.75, 3.05) is 6.54 Å². The summed E-state index contributed by atoms with van der Waals surface area (Å²) in [6.45, 7) is 8.79. The van der Waals surface area contributed by atoms with Gasteiger partial charge in [0.05, 0.1) is 11.7 Å². The maximum Gasteiger partial charge on any atom is 0.109 e. The second-order valence-corrected chi connectivity index (χ2v) is 6.74. The Morgan fingerprint density at radius 3 is 2.67 bits per heavy atom. The molecule has 1 fully saturated rings. The molecule has 0 bridgehead atoms. The lowest BCUT2D eigenvalue weighted by atomic mass is 10.1. The highest BCUT2D eigenvalue weighted by Crippen LogP contribution is 2.29. The first-order chi connectivity index (χ1) is 8.56. The number of thiazole rings is 1. The fourth-order valence-corrected chi connectivity index (χ4v) is 2.84. The number of aromatic nitrogens is 1. The summed E-state index contributed by atoms with van der Waals surface area (Å²) in [5.41, 5.74) is 7.06. The summed E-state index contributed by atoms with van der Waals surface area (Å²) >= 11 is 1.69. The van der Waals surface area contributed by atoms with Gasteiger partial charge < -0.3 is 5.73 Å². The molecule has 0 saturated heterocycles. The van der Waals surface area contributed by atoms with Crippen molar-refractivity contribution >= 4 is 11.3 Å². The standard InChI is InChI=1S/C14H25N3S/c1-10(2)6-7-17(13-4-5-13)8-12-9-18-14(16-12)11(3)15/h9-11,13H,4-8,15H2,1-3H3. The quantitative estimate of drug-likeness (QED) is 0.825. The Labute approximate surface area is 114 Å². The first-order valence-corrected chi connectivity index (χ1v) is 7.88. The highest BCUT2D eigenvalue weighted by molar-refractivity contribution is 7.09. The summed E-state index contributed by atoms with van der Waals surface area (Å²) < 4.78 is 0. The van der Waals surface area contributed by atoms with E-state index in [0.29, 0.717) is 0 Å². The second kappa shape index (κ2) is 6.13. The number of hydrogen-bond donors (Lipinski definition) is 1. The smallest absolute Gasteiger partial charge is 0.109 e. The molecule has 1 aromatic heterocycles. The van der Waals surface area contributed by atoms with Crippen LogP contribution < -0.4 is 5.73 Å². The zero-order valence-electron chi connectivity index (χ0n) is 11.7. The molecule has 1 heterocycles. The fraction of sp³-hybridized carbons (Fsp3) is 0.786. The Hall–Kier alpha value is -0.450.